The average molecular weight is 347 g/mol. The Hall–Kier alpha value is -3.13. The third-order valence-electron chi connectivity index (χ3n) is 4.47. The third-order valence-corrected chi connectivity index (χ3v) is 4.47. The summed E-state index contributed by atoms with van der Waals surface area (Å²) in [7, 11) is 0. The van der Waals surface area contributed by atoms with E-state index in [1.54, 1.807) is 24.3 Å². The molecule has 0 aromatic heterocycles. The highest BCUT2D eigenvalue weighted by molar-refractivity contribution is 5.92. The minimum absolute atomic E-state index is 0.175. The third kappa shape index (κ3) is 4.48. The number of carbonyl (C=O) groups excluding carboxylic acids is 1. The molecule has 1 fully saturated rings. The van der Waals surface area contributed by atoms with Gasteiger partial charge in [-0.05, 0) is 37.0 Å². The van der Waals surface area contributed by atoms with Crippen molar-refractivity contribution in [1.29, 1.82) is 5.26 Å². The Balaban J connectivity index is 1.60. The molecule has 5 heteroatoms. The lowest BCUT2D eigenvalue weighted by Crippen LogP contribution is -2.28. The molecule has 0 heterocycles. The number of ether oxygens (including phenoxy) is 1. The number of nitrogens with one attached hydrogen (secondary N) is 1. The number of rotatable bonds is 5. The van der Waals surface area contributed by atoms with Crippen molar-refractivity contribution in [1.82, 2.24) is 5.43 Å². The predicted molar refractivity (Wildman–Crippen MR) is 99.9 cm³/mol. The zero-order valence-corrected chi connectivity index (χ0v) is 14.5. The molecule has 1 amide bonds. The van der Waals surface area contributed by atoms with Crippen LogP contribution in [0.15, 0.2) is 59.7 Å². The molecular weight excluding hydrogens is 326 g/mol. The van der Waals surface area contributed by atoms with Gasteiger partial charge < -0.3 is 4.74 Å². The van der Waals surface area contributed by atoms with Crippen LogP contribution in [-0.4, -0.2) is 18.2 Å². The molecule has 0 radical (unpaired) electrons. The number of hydrogen-bond donors (Lipinski definition) is 1. The fraction of sp³-hybridized carbons (Fsp3) is 0.286. The van der Waals surface area contributed by atoms with Gasteiger partial charge in [-0.1, -0.05) is 48.9 Å². The summed E-state index contributed by atoms with van der Waals surface area (Å²) < 4.78 is 5.44. The predicted octanol–water partition coefficient (Wildman–Crippen LogP) is 3.77. The van der Waals surface area contributed by atoms with Crippen LogP contribution < -0.4 is 10.2 Å². The minimum atomic E-state index is -0.331. The van der Waals surface area contributed by atoms with E-state index in [-0.39, 0.29) is 18.4 Å². The van der Waals surface area contributed by atoms with Crippen molar-refractivity contribution in [2.45, 2.75) is 31.6 Å². The van der Waals surface area contributed by atoms with Crippen LogP contribution in [0.4, 0.5) is 0 Å². The number of amides is 1. The average Bonchev–Trinajstić information content (AvgIpc) is 2.71. The molecule has 2 aromatic carbocycles. The van der Waals surface area contributed by atoms with Crippen LogP contribution >= 0.6 is 0 Å². The normalized spacial score (nSPS) is 18.1. The lowest BCUT2D eigenvalue weighted by Gasteiger charge is -2.24. The van der Waals surface area contributed by atoms with E-state index in [0.29, 0.717) is 11.3 Å². The smallest absolute Gasteiger partial charge is 0.277 e. The van der Waals surface area contributed by atoms with Crippen molar-refractivity contribution in [2.24, 2.45) is 5.10 Å². The van der Waals surface area contributed by atoms with Crippen molar-refractivity contribution in [3.8, 4) is 11.8 Å². The molecule has 1 aliphatic carbocycles. The maximum Gasteiger partial charge on any atom is 0.277 e. The van der Waals surface area contributed by atoms with Gasteiger partial charge in [0.1, 0.15) is 11.8 Å². The molecular formula is C21H21N3O2. The molecule has 2 aromatic rings. The lowest BCUT2D eigenvalue weighted by atomic mass is 9.82. The first-order valence-corrected chi connectivity index (χ1v) is 8.80. The van der Waals surface area contributed by atoms with Crippen LogP contribution in [0.2, 0.25) is 0 Å². The van der Waals surface area contributed by atoms with Gasteiger partial charge >= 0.3 is 0 Å². The fourth-order valence-electron chi connectivity index (χ4n) is 3.17. The summed E-state index contributed by atoms with van der Waals surface area (Å²) in [4.78, 5) is 12.1. The van der Waals surface area contributed by atoms with Crippen LogP contribution in [0.3, 0.4) is 0 Å². The van der Waals surface area contributed by atoms with Gasteiger partial charge in [0.25, 0.3) is 5.91 Å². The van der Waals surface area contributed by atoms with Gasteiger partial charge in [-0.25, -0.2) is 5.43 Å². The molecule has 1 saturated carbocycles. The lowest BCUT2D eigenvalue weighted by molar-refractivity contribution is -0.123. The SMILES string of the molecule is N#Cc1ccccc1OCC(=O)NN=C1CCCC[C@@H]1c1ccccc1. The monoisotopic (exact) mass is 347 g/mol. The maximum absolute atomic E-state index is 12.1. The van der Waals surface area contributed by atoms with E-state index in [2.05, 4.69) is 22.7 Å². The number of hydrazone groups is 1. The van der Waals surface area contributed by atoms with Gasteiger partial charge in [0.05, 0.1) is 5.56 Å². The van der Waals surface area contributed by atoms with Crippen LogP contribution in [-0.2, 0) is 4.79 Å². The van der Waals surface area contributed by atoms with E-state index in [9.17, 15) is 4.79 Å². The standard InChI is InChI=1S/C21H21N3O2/c22-14-17-10-4-7-13-20(17)26-15-21(25)24-23-19-12-6-5-11-18(19)16-8-2-1-3-9-16/h1-4,7-10,13,18H,5-6,11-12,15H2,(H,24,25)/t18-/m1/s1. The van der Waals surface area contributed by atoms with E-state index in [1.807, 2.05) is 24.3 Å². The number of hydrogen-bond acceptors (Lipinski definition) is 4. The van der Waals surface area contributed by atoms with Gasteiger partial charge in [-0.3, -0.25) is 4.79 Å². The molecule has 0 unspecified atom stereocenters. The quantitative estimate of drug-likeness (QED) is 0.837. The number of nitrogens with zero attached hydrogens (tertiary/aromatic N) is 2. The van der Waals surface area contributed by atoms with Crippen LogP contribution in [0.25, 0.3) is 0 Å². The first-order valence-electron chi connectivity index (χ1n) is 8.80. The Bertz CT molecular complexity index is 825. The van der Waals surface area contributed by atoms with E-state index >= 15 is 0 Å². The second kappa shape index (κ2) is 8.82. The Kier molecular flexibility index (Phi) is 6.00. The summed E-state index contributed by atoms with van der Waals surface area (Å²) >= 11 is 0. The summed E-state index contributed by atoms with van der Waals surface area (Å²) in [6.45, 7) is -0.175. The molecule has 0 spiro atoms. The van der Waals surface area contributed by atoms with E-state index in [0.717, 1.165) is 25.0 Å². The molecule has 5 nitrogen and oxygen atoms in total. The highest BCUT2D eigenvalue weighted by Crippen LogP contribution is 2.30. The fourth-order valence-corrected chi connectivity index (χ4v) is 3.17. The molecule has 1 atom stereocenters. The Morgan fingerprint density at radius 1 is 1.15 bits per heavy atom. The topological polar surface area (TPSA) is 74.5 Å². The number of benzene rings is 2. The zero-order chi connectivity index (χ0) is 18.2. The highest BCUT2D eigenvalue weighted by Gasteiger charge is 2.22. The van der Waals surface area contributed by atoms with E-state index in [1.165, 1.54) is 12.0 Å². The van der Waals surface area contributed by atoms with Crippen molar-refractivity contribution < 1.29 is 9.53 Å². The second-order valence-corrected chi connectivity index (χ2v) is 6.24. The van der Waals surface area contributed by atoms with E-state index < -0.39 is 0 Å². The van der Waals surface area contributed by atoms with Crippen molar-refractivity contribution >= 4 is 11.6 Å². The molecule has 26 heavy (non-hydrogen) atoms. The first-order chi connectivity index (χ1) is 12.8. The second-order valence-electron chi connectivity index (χ2n) is 6.24. The molecule has 0 aliphatic heterocycles. The number of nitriles is 1. The molecule has 1 aliphatic rings. The summed E-state index contributed by atoms with van der Waals surface area (Å²) in [5, 5.41) is 13.4. The molecule has 1 N–H and O–H groups in total. The molecule has 0 saturated heterocycles. The number of para-hydroxylation sites is 1. The molecule has 0 bridgehead atoms. The molecule has 132 valence electrons. The van der Waals surface area contributed by atoms with Gasteiger partial charge in [0, 0.05) is 11.6 Å². The number of carbonyl (C=O) groups is 1. The zero-order valence-electron chi connectivity index (χ0n) is 14.5. The summed E-state index contributed by atoms with van der Waals surface area (Å²) in [5.74, 6) is 0.325. The van der Waals surface area contributed by atoms with E-state index in [4.69, 9.17) is 10.00 Å². The van der Waals surface area contributed by atoms with Gasteiger partial charge in [-0.2, -0.15) is 10.4 Å². The van der Waals surface area contributed by atoms with Crippen LogP contribution in [0, 0.1) is 11.3 Å². The summed E-state index contributed by atoms with van der Waals surface area (Å²) in [5.41, 5.74) is 5.25. The van der Waals surface area contributed by atoms with Crippen molar-refractivity contribution in [2.75, 3.05) is 6.61 Å². The van der Waals surface area contributed by atoms with Crippen molar-refractivity contribution in [3.63, 3.8) is 0 Å². The van der Waals surface area contributed by atoms with Crippen molar-refractivity contribution in [3.05, 3.63) is 65.7 Å². The Morgan fingerprint density at radius 3 is 2.73 bits per heavy atom. The largest absolute Gasteiger partial charge is 0.482 e. The van der Waals surface area contributed by atoms with Gasteiger partial charge in [0.2, 0.25) is 0 Å². The first kappa shape index (κ1) is 17.7. The van der Waals surface area contributed by atoms with Crippen LogP contribution in [0.1, 0.15) is 42.7 Å². The molecule has 3 rings (SSSR count). The van der Waals surface area contributed by atoms with Gasteiger partial charge in [0.15, 0.2) is 6.61 Å². The minimum Gasteiger partial charge on any atom is -0.482 e. The summed E-state index contributed by atoms with van der Waals surface area (Å²) in [6.07, 6.45) is 4.19. The highest BCUT2D eigenvalue weighted by atomic mass is 16.5. The van der Waals surface area contributed by atoms with Gasteiger partial charge in [-0.15, -0.1) is 0 Å². The Labute approximate surface area is 153 Å². The maximum atomic E-state index is 12.1. The Morgan fingerprint density at radius 2 is 1.92 bits per heavy atom. The summed E-state index contributed by atoms with van der Waals surface area (Å²) in [6, 6.07) is 19.2. The van der Waals surface area contributed by atoms with Crippen LogP contribution in [0.5, 0.6) is 5.75 Å².